The standard InChI is InChI=1S/C14H30N4O/c1-16-7-9-18(10-8-16)12-11-17-5-2-14(3-6-17)19-13-4-15/h14H,2-13,15H2,1H3. The number of piperidine rings is 1. The quantitative estimate of drug-likeness (QED) is 0.716. The third-order valence-corrected chi connectivity index (χ3v) is 4.33. The third kappa shape index (κ3) is 5.36. The molecule has 2 N–H and O–H groups in total. The fraction of sp³-hybridized carbons (Fsp3) is 1.00. The first-order valence-corrected chi connectivity index (χ1v) is 7.73. The lowest BCUT2D eigenvalue weighted by Crippen LogP contribution is -2.48. The maximum atomic E-state index is 5.72. The molecule has 0 unspecified atom stereocenters. The van der Waals surface area contributed by atoms with Gasteiger partial charge in [-0.25, -0.2) is 0 Å². The lowest BCUT2D eigenvalue weighted by Gasteiger charge is -2.36. The fourth-order valence-corrected chi connectivity index (χ4v) is 2.89. The van der Waals surface area contributed by atoms with Crippen LogP contribution >= 0.6 is 0 Å². The molecule has 19 heavy (non-hydrogen) atoms. The molecule has 112 valence electrons. The number of ether oxygens (including phenoxy) is 1. The second-order valence-electron chi connectivity index (χ2n) is 5.85. The summed E-state index contributed by atoms with van der Waals surface area (Å²) < 4.78 is 5.72. The largest absolute Gasteiger partial charge is 0.377 e. The molecule has 0 aromatic rings. The van der Waals surface area contributed by atoms with Gasteiger partial charge < -0.3 is 20.3 Å². The molecule has 0 aliphatic carbocycles. The Hall–Kier alpha value is -0.200. The van der Waals surface area contributed by atoms with Crippen molar-refractivity contribution >= 4 is 0 Å². The Morgan fingerprint density at radius 3 is 2.11 bits per heavy atom. The van der Waals surface area contributed by atoms with Gasteiger partial charge in [-0.1, -0.05) is 0 Å². The lowest BCUT2D eigenvalue weighted by molar-refractivity contribution is 0.00889. The van der Waals surface area contributed by atoms with Gasteiger partial charge in [0.1, 0.15) is 0 Å². The van der Waals surface area contributed by atoms with Crippen LogP contribution in [0.4, 0.5) is 0 Å². The minimum atomic E-state index is 0.448. The van der Waals surface area contributed by atoms with Gasteiger partial charge in [0.2, 0.25) is 0 Å². The van der Waals surface area contributed by atoms with Crippen molar-refractivity contribution in [3.63, 3.8) is 0 Å². The molecule has 5 heteroatoms. The Morgan fingerprint density at radius 1 is 0.947 bits per heavy atom. The van der Waals surface area contributed by atoms with Gasteiger partial charge in [0.05, 0.1) is 12.7 Å². The maximum absolute atomic E-state index is 5.72. The Bertz CT molecular complexity index is 236. The Kier molecular flexibility index (Phi) is 6.53. The summed E-state index contributed by atoms with van der Waals surface area (Å²) in [5.74, 6) is 0. The highest BCUT2D eigenvalue weighted by molar-refractivity contribution is 4.75. The van der Waals surface area contributed by atoms with Gasteiger partial charge in [0, 0.05) is 58.9 Å². The maximum Gasteiger partial charge on any atom is 0.0600 e. The predicted octanol–water partition coefficient (Wildman–Crippen LogP) is -0.326. The van der Waals surface area contributed by atoms with E-state index in [0.29, 0.717) is 19.3 Å². The van der Waals surface area contributed by atoms with Crippen molar-refractivity contribution < 1.29 is 4.74 Å². The van der Waals surface area contributed by atoms with Crippen molar-refractivity contribution in [2.24, 2.45) is 5.73 Å². The second kappa shape index (κ2) is 8.17. The summed E-state index contributed by atoms with van der Waals surface area (Å²) >= 11 is 0. The van der Waals surface area contributed by atoms with Crippen LogP contribution in [0, 0.1) is 0 Å². The molecule has 2 heterocycles. The van der Waals surface area contributed by atoms with E-state index in [0.717, 1.165) is 0 Å². The summed E-state index contributed by atoms with van der Waals surface area (Å²) in [5, 5.41) is 0. The van der Waals surface area contributed by atoms with E-state index in [9.17, 15) is 0 Å². The molecular weight excluding hydrogens is 240 g/mol. The van der Waals surface area contributed by atoms with Gasteiger partial charge in [0.25, 0.3) is 0 Å². The monoisotopic (exact) mass is 270 g/mol. The van der Waals surface area contributed by atoms with Crippen LogP contribution in [0.25, 0.3) is 0 Å². The zero-order valence-corrected chi connectivity index (χ0v) is 12.4. The summed E-state index contributed by atoms with van der Waals surface area (Å²) in [4.78, 5) is 7.59. The van der Waals surface area contributed by atoms with Gasteiger partial charge in [-0.15, -0.1) is 0 Å². The molecule has 0 bridgehead atoms. The number of hydrogen-bond donors (Lipinski definition) is 1. The van der Waals surface area contributed by atoms with E-state index >= 15 is 0 Å². The predicted molar refractivity (Wildman–Crippen MR) is 78.4 cm³/mol. The highest BCUT2D eigenvalue weighted by atomic mass is 16.5. The van der Waals surface area contributed by atoms with Crippen LogP contribution in [-0.2, 0) is 4.74 Å². The summed E-state index contributed by atoms with van der Waals surface area (Å²) in [6.45, 7) is 11.1. The minimum absolute atomic E-state index is 0.448. The van der Waals surface area contributed by atoms with E-state index in [1.807, 2.05) is 0 Å². The third-order valence-electron chi connectivity index (χ3n) is 4.33. The molecule has 2 rings (SSSR count). The van der Waals surface area contributed by atoms with Crippen LogP contribution in [0.3, 0.4) is 0 Å². The minimum Gasteiger partial charge on any atom is -0.377 e. The molecule has 2 saturated heterocycles. The first-order chi connectivity index (χ1) is 9.28. The van der Waals surface area contributed by atoms with Crippen LogP contribution < -0.4 is 5.73 Å². The second-order valence-corrected chi connectivity index (χ2v) is 5.85. The van der Waals surface area contributed by atoms with Gasteiger partial charge >= 0.3 is 0 Å². The zero-order chi connectivity index (χ0) is 13.5. The molecule has 0 atom stereocenters. The van der Waals surface area contributed by atoms with Crippen molar-refractivity contribution in [1.82, 2.24) is 14.7 Å². The molecule has 0 aromatic carbocycles. The number of hydrogen-bond acceptors (Lipinski definition) is 5. The highest BCUT2D eigenvalue weighted by Crippen LogP contribution is 2.13. The zero-order valence-electron chi connectivity index (χ0n) is 12.4. The molecule has 5 nitrogen and oxygen atoms in total. The Balaban J connectivity index is 1.55. The lowest BCUT2D eigenvalue weighted by atomic mass is 10.1. The molecular formula is C14H30N4O. The summed E-state index contributed by atoms with van der Waals surface area (Å²) in [6, 6.07) is 0. The number of likely N-dealkylation sites (N-methyl/N-ethyl adjacent to an activating group) is 1. The van der Waals surface area contributed by atoms with Crippen molar-refractivity contribution in [2.75, 3.05) is 72.6 Å². The van der Waals surface area contributed by atoms with E-state index in [-0.39, 0.29) is 0 Å². The van der Waals surface area contributed by atoms with Crippen LogP contribution in [0.1, 0.15) is 12.8 Å². The molecule has 0 spiro atoms. The van der Waals surface area contributed by atoms with Gasteiger partial charge in [-0.2, -0.15) is 0 Å². The molecule has 2 aliphatic heterocycles. The first kappa shape index (κ1) is 15.2. The molecule has 0 radical (unpaired) electrons. The summed E-state index contributed by atoms with van der Waals surface area (Å²) in [6.07, 6.45) is 2.79. The van der Waals surface area contributed by atoms with Crippen LogP contribution in [-0.4, -0.2) is 93.4 Å². The molecule has 0 amide bonds. The molecule has 2 aliphatic rings. The number of piperazine rings is 1. The van der Waals surface area contributed by atoms with E-state index in [4.69, 9.17) is 10.5 Å². The summed E-state index contributed by atoms with van der Waals surface area (Å²) in [5.41, 5.74) is 5.47. The topological polar surface area (TPSA) is 45.0 Å². The SMILES string of the molecule is CN1CCN(CCN2CCC(OCCN)CC2)CC1. The van der Waals surface area contributed by atoms with Crippen molar-refractivity contribution in [1.29, 1.82) is 0 Å². The normalized spacial score (nSPS) is 24.9. The van der Waals surface area contributed by atoms with Gasteiger partial charge in [0.15, 0.2) is 0 Å². The number of likely N-dealkylation sites (tertiary alicyclic amines) is 1. The molecule has 0 aromatic heterocycles. The van der Waals surface area contributed by atoms with Crippen LogP contribution in [0.5, 0.6) is 0 Å². The van der Waals surface area contributed by atoms with Crippen LogP contribution in [0.2, 0.25) is 0 Å². The van der Waals surface area contributed by atoms with Gasteiger partial charge in [-0.05, 0) is 19.9 Å². The molecule has 0 saturated carbocycles. The number of rotatable bonds is 6. The first-order valence-electron chi connectivity index (χ1n) is 7.73. The Labute approximate surface area is 117 Å². The van der Waals surface area contributed by atoms with Crippen molar-refractivity contribution in [3.8, 4) is 0 Å². The van der Waals surface area contributed by atoms with Crippen LogP contribution in [0.15, 0.2) is 0 Å². The van der Waals surface area contributed by atoms with Crippen molar-refractivity contribution in [3.05, 3.63) is 0 Å². The van der Waals surface area contributed by atoms with E-state index in [2.05, 4.69) is 21.7 Å². The van der Waals surface area contributed by atoms with Crippen molar-refractivity contribution in [2.45, 2.75) is 18.9 Å². The molecule has 2 fully saturated rings. The smallest absolute Gasteiger partial charge is 0.0600 e. The fourth-order valence-electron chi connectivity index (χ4n) is 2.89. The van der Waals surface area contributed by atoms with E-state index in [1.165, 1.54) is 65.2 Å². The van der Waals surface area contributed by atoms with E-state index < -0.39 is 0 Å². The number of nitrogens with two attached hydrogens (primary N) is 1. The number of nitrogens with zero attached hydrogens (tertiary/aromatic N) is 3. The average Bonchev–Trinajstić information content (AvgIpc) is 2.46. The highest BCUT2D eigenvalue weighted by Gasteiger charge is 2.20. The van der Waals surface area contributed by atoms with E-state index in [1.54, 1.807) is 0 Å². The average molecular weight is 270 g/mol. The summed E-state index contributed by atoms with van der Waals surface area (Å²) in [7, 11) is 2.21. The Morgan fingerprint density at radius 2 is 1.53 bits per heavy atom. The van der Waals surface area contributed by atoms with Gasteiger partial charge in [-0.3, -0.25) is 4.90 Å².